The first-order valence-corrected chi connectivity index (χ1v) is 8.79. The van der Waals surface area contributed by atoms with Crippen molar-refractivity contribution in [1.82, 2.24) is 0 Å². The van der Waals surface area contributed by atoms with Crippen LogP contribution >= 0.6 is 0 Å². The Morgan fingerprint density at radius 1 is 1.12 bits per heavy atom. The van der Waals surface area contributed by atoms with Gasteiger partial charge < -0.3 is 15.4 Å². The third-order valence-electron chi connectivity index (χ3n) is 4.06. The third kappa shape index (κ3) is 4.63. The maximum absolute atomic E-state index is 12.4. The molecular weight excluding hydrogens is 328 g/mol. The summed E-state index contributed by atoms with van der Waals surface area (Å²) in [6.45, 7) is 6.45. The molecule has 0 atom stereocenters. The molecule has 3 rings (SSSR count). The van der Waals surface area contributed by atoms with Crippen molar-refractivity contribution in [3.63, 3.8) is 0 Å². The molecule has 2 aromatic rings. The highest BCUT2D eigenvalue weighted by Gasteiger charge is 2.17. The van der Waals surface area contributed by atoms with Gasteiger partial charge in [0, 0.05) is 23.5 Å². The minimum Gasteiger partial charge on any atom is -0.460 e. The highest BCUT2D eigenvalue weighted by Crippen LogP contribution is 2.23. The topological polar surface area (TPSA) is 67.4 Å². The maximum atomic E-state index is 12.4. The molecule has 2 N–H and O–H groups in total. The van der Waals surface area contributed by atoms with Gasteiger partial charge in [-0.15, -0.1) is 0 Å². The van der Waals surface area contributed by atoms with E-state index in [1.54, 1.807) is 12.1 Å². The second-order valence-electron chi connectivity index (χ2n) is 7.46. The van der Waals surface area contributed by atoms with Gasteiger partial charge in [-0.3, -0.25) is 9.59 Å². The summed E-state index contributed by atoms with van der Waals surface area (Å²) in [7, 11) is 0. The summed E-state index contributed by atoms with van der Waals surface area (Å²) >= 11 is 0. The van der Waals surface area contributed by atoms with Crippen molar-refractivity contribution in [2.45, 2.75) is 39.2 Å². The number of amides is 1. The normalized spacial score (nSPS) is 12.9. The number of anilines is 2. The smallest absolute Gasteiger partial charge is 0.310 e. The van der Waals surface area contributed by atoms with E-state index >= 15 is 0 Å². The number of rotatable bonds is 4. The largest absolute Gasteiger partial charge is 0.460 e. The average molecular weight is 352 g/mol. The van der Waals surface area contributed by atoms with Crippen LogP contribution in [-0.2, 0) is 22.4 Å². The molecule has 0 aliphatic carbocycles. The van der Waals surface area contributed by atoms with Crippen LogP contribution in [0.25, 0.3) is 0 Å². The van der Waals surface area contributed by atoms with Crippen molar-refractivity contribution in [2.24, 2.45) is 0 Å². The molecule has 1 aliphatic heterocycles. The van der Waals surface area contributed by atoms with Gasteiger partial charge >= 0.3 is 5.97 Å². The van der Waals surface area contributed by atoms with Crippen LogP contribution in [0.4, 0.5) is 11.4 Å². The van der Waals surface area contributed by atoms with E-state index in [0.29, 0.717) is 11.3 Å². The van der Waals surface area contributed by atoms with Gasteiger partial charge in [0.05, 0.1) is 6.42 Å². The lowest BCUT2D eigenvalue weighted by Crippen LogP contribution is -2.24. The van der Waals surface area contributed by atoms with Crippen LogP contribution in [-0.4, -0.2) is 24.0 Å². The molecule has 0 fully saturated rings. The molecule has 0 bridgehead atoms. The fraction of sp³-hybridized carbons (Fsp3) is 0.333. The number of fused-ring (bicyclic) bond motifs is 1. The lowest BCUT2D eigenvalue weighted by molar-refractivity contribution is -0.153. The summed E-state index contributed by atoms with van der Waals surface area (Å²) < 4.78 is 5.32. The maximum Gasteiger partial charge on any atom is 0.310 e. The van der Waals surface area contributed by atoms with Gasteiger partial charge in [0.1, 0.15) is 5.60 Å². The van der Waals surface area contributed by atoms with Gasteiger partial charge in [-0.25, -0.2) is 0 Å². The van der Waals surface area contributed by atoms with Gasteiger partial charge in [-0.05, 0) is 62.6 Å². The molecule has 0 saturated heterocycles. The van der Waals surface area contributed by atoms with Crippen molar-refractivity contribution in [3.05, 3.63) is 59.2 Å². The number of hydrogen-bond donors (Lipinski definition) is 2. The second kappa shape index (κ2) is 7.20. The summed E-state index contributed by atoms with van der Waals surface area (Å²) in [5.74, 6) is -0.415. The second-order valence-corrected chi connectivity index (χ2v) is 7.46. The Hall–Kier alpha value is -2.82. The zero-order valence-corrected chi connectivity index (χ0v) is 15.4. The molecule has 0 saturated carbocycles. The number of hydrogen-bond acceptors (Lipinski definition) is 4. The molecule has 1 heterocycles. The standard InChI is InChI=1S/C21H24N2O3/c1-21(2,3)26-19(24)12-14-4-8-17(9-5-14)23-20(25)16-7-6-15-10-11-22-18(15)13-16/h4-9,13,22H,10-12H2,1-3H3,(H,23,25). The number of nitrogens with one attached hydrogen (secondary N) is 2. The first-order chi connectivity index (χ1) is 12.3. The van der Waals surface area contributed by atoms with Crippen LogP contribution in [0.15, 0.2) is 42.5 Å². The van der Waals surface area contributed by atoms with Crippen molar-refractivity contribution in [1.29, 1.82) is 0 Å². The molecule has 0 aromatic heterocycles. The van der Waals surface area contributed by atoms with E-state index in [2.05, 4.69) is 10.6 Å². The number of ether oxygens (including phenoxy) is 1. The first-order valence-electron chi connectivity index (χ1n) is 8.79. The summed E-state index contributed by atoms with van der Waals surface area (Å²) in [6, 6.07) is 13.0. The Balaban J connectivity index is 1.60. The molecule has 2 aromatic carbocycles. The Morgan fingerprint density at radius 3 is 2.54 bits per heavy atom. The monoisotopic (exact) mass is 352 g/mol. The van der Waals surface area contributed by atoms with Crippen LogP contribution in [0.3, 0.4) is 0 Å². The first kappa shape index (κ1) is 18.0. The minimum absolute atomic E-state index is 0.151. The van der Waals surface area contributed by atoms with E-state index in [1.165, 1.54) is 5.56 Å². The molecule has 1 aliphatic rings. The van der Waals surface area contributed by atoms with Crippen LogP contribution in [0, 0.1) is 0 Å². The van der Waals surface area contributed by atoms with Crippen LogP contribution in [0.1, 0.15) is 42.3 Å². The summed E-state index contributed by atoms with van der Waals surface area (Å²) in [6.07, 6.45) is 1.21. The fourth-order valence-electron chi connectivity index (χ4n) is 2.89. The summed E-state index contributed by atoms with van der Waals surface area (Å²) in [5.41, 5.74) is 3.94. The molecule has 5 nitrogen and oxygen atoms in total. The fourth-order valence-corrected chi connectivity index (χ4v) is 2.89. The van der Waals surface area contributed by atoms with Crippen molar-refractivity contribution in [2.75, 3.05) is 17.2 Å². The Labute approximate surface area is 153 Å². The van der Waals surface area contributed by atoms with E-state index in [0.717, 1.165) is 24.2 Å². The number of carbonyl (C=O) groups is 2. The number of benzene rings is 2. The summed E-state index contributed by atoms with van der Waals surface area (Å²) in [4.78, 5) is 24.3. The van der Waals surface area contributed by atoms with Gasteiger partial charge in [0.2, 0.25) is 0 Å². The lowest BCUT2D eigenvalue weighted by Gasteiger charge is -2.19. The van der Waals surface area contributed by atoms with E-state index in [-0.39, 0.29) is 18.3 Å². The lowest BCUT2D eigenvalue weighted by atomic mass is 10.1. The highest BCUT2D eigenvalue weighted by molar-refractivity contribution is 6.05. The van der Waals surface area contributed by atoms with Crippen molar-refractivity contribution < 1.29 is 14.3 Å². The van der Waals surface area contributed by atoms with E-state index in [9.17, 15) is 9.59 Å². The Bertz CT molecular complexity index is 820. The molecule has 5 heteroatoms. The Kier molecular flexibility index (Phi) is 4.98. The predicted octanol–water partition coefficient (Wildman–Crippen LogP) is 3.79. The predicted molar refractivity (Wildman–Crippen MR) is 103 cm³/mol. The van der Waals surface area contributed by atoms with E-state index in [1.807, 2.05) is 51.1 Å². The quantitative estimate of drug-likeness (QED) is 0.822. The highest BCUT2D eigenvalue weighted by atomic mass is 16.6. The minimum atomic E-state index is -0.490. The SMILES string of the molecule is CC(C)(C)OC(=O)Cc1ccc(NC(=O)c2ccc3c(c2)NCC3)cc1. The third-order valence-corrected chi connectivity index (χ3v) is 4.06. The zero-order valence-electron chi connectivity index (χ0n) is 15.4. The van der Waals surface area contributed by atoms with Crippen molar-refractivity contribution >= 4 is 23.3 Å². The van der Waals surface area contributed by atoms with Gasteiger partial charge in [-0.2, -0.15) is 0 Å². The number of esters is 1. The van der Waals surface area contributed by atoms with Crippen LogP contribution in [0.5, 0.6) is 0 Å². The zero-order chi connectivity index (χ0) is 18.7. The summed E-state index contributed by atoms with van der Waals surface area (Å²) in [5, 5.41) is 6.16. The average Bonchev–Trinajstić information content (AvgIpc) is 3.02. The van der Waals surface area contributed by atoms with Crippen LogP contribution in [0.2, 0.25) is 0 Å². The molecule has 0 radical (unpaired) electrons. The molecule has 136 valence electrons. The molecule has 0 spiro atoms. The molecule has 26 heavy (non-hydrogen) atoms. The molecule has 0 unspecified atom stereocenters. The molecular formula is C21H24N2O3. The van der Waals surface area contributed by atoms with E-state index in [4.69, 9.17) is 4.74 Å². The van der Waals surface area contributed by atoms with Gasteiger partial charge in [0.15, 0.2) is 0 Å². The molecule has 1 amide bonds. The van der Waals surface area contributed by atoms with Gasteiger partial charge in [0.25, 0.3) is 5.91 Å². The Morgan fingerprint density at radius 2 is 1.85 bits per heavy atom. The van der Waals surface area contributed by atoms with E-state index < -0.39 is 5.60 Å². The van der Waals surface area contributed by atoms with Crippen molar-refractivity contribution in [3.8, 4) is 0 Å². The number of carbonyl (C=O) groups excluding carboxylic acids is 2. The van der Waals surface area contributed by atoms with Crippen LogP contribution < -0.4 is 10.6 Å². The van der Waals surface area contributed by atoms with Gasteiger partial charge in [-0.1, -0.05) is 18.2 Å².